The van der Waals surface area contributed by atoms with Gasteiger partial charge in [-0.2, -0.15) is 4.52 Å². The number of carbonyl (C=O) groups excluding carboxylic acids is 1. The van der Waals surface area contributed by atoms with Crippen LogP contribution in [0.25, 0.3) is 17.0 Å². The summed E-state index contributed by atoms with van der Waals surface area (Å²) in [4.78, 5) is 14.5. The van der Waals surface area contributed by atoms with Crippen molar-refractivity contribution in [2.45, 2.75) is 12.8 Å². The molecule has 4 rings (SSSR count). The number of methoxy groups -OCH3 is 2. The summed E-state index contributed by atoms with van der Waals surface area (Å²) in [6, 6.07) is 11.5. The first kappa shape index (κ1) is 20.1. The first-order valence-electron chi connectivity index (χ1n) is 10.1. The maximum atomic E-state index is 12.3. The van der Waals surface area contributed by atoms with Crippen LogP contribution < -0.4 is 15.0 Å². The summed E-state index contributed by atoms with van der Waals surface area (Å²) < 4.78 is 12.0. The summed E-state index contributed by atoms with van der Waals surface area (Å²) >= 11 is 0. The molecule has 1 aliphatic heterocycles. The molecule has 0 bridgehead atoms. The van der Waals surface area contributed by atoms with Crippen LogP contribution in [0.2, 0.25) is 0 Å². The van der Waals surface area contributed by atoms with E-state index in [1.807, 2.05) is 36.4 Å². The third-order valence-electron chi connectivity index (χ3n) is 5.39. The van der Waals surface area contributed by atoms with E-state index in [9.17, 15) is 4.79 Å². The van der Waals surface area contributed by atoms with Crippen molar-refractivity contribution < 1.29 is 14.3 Å². The van der Waals surface area contributed by atoms with E-state index in [0.717, 1.165) is 43.1 Å². The summed E-state index contributed by atoms with van der Waals surface area (Å²) in [7, 11) is 3.27. The molecule has 0 radical (unpaired) electrons. The van der Waals surface area contributed by atoms with Crippen LogP contribution in [-0.4, -0.2) is 66.2 Å². The Morgan fingerprint density at radius 2 is 1.87 bits per heavy atom. The highest BCUT2D eigenvalue weighted by Gasteiger charge is 2.25. The van der Waals surface area contributed by atoms with Gasteiger partial charge in [0.25, 0.3) is 0 Å². The van der Waals surface area contributed by atoms with Crippen LogP contribution in [-0.2, 0) is 9.53 Å². The predicted molar refractivity (Wildman–Crippen MR) is 113 cm³/mol. The van der Waals surface area contributed by atoms with Gasteiger partial charge in [0.2, 0.25) is 5.91 Å². The molecule has 9 heteroatoms. The number of anilines is 1. The minimum Gasteiger partial charge on any atom is -0.497 e. The van der Waals surface area contributed by atoms with Gasteiger partial charge in [-0.1, -0.05) is 0 Å². The Bertz CT molecular complexity index is 996. The van der Waals surface area contributed by atoms with E-state index in [2.05, 4.69) is 20.4 Å². The van der Waals surface area contributed by atoms with Crippen LogP contribution >= 0.6 is 0 Å². The number of hydrogen-bond acceptors (Lipinski definition) is 7. The van der Waals surface area contributed by atoms with Crippen molar-refractivity contribution in [3.63, 3.8) is 0 Å². The number of ether oxygens (including phenoxy) is 2. The quantitative estimate of drug-likeness (QED) is 0.594. The highest BCUT2D eigenvalue weighted by Crippen LogP contribution is 2.25. The van der Waals surface area contributed by atoms with Crippen LogP contribution in [0.15, 0.2) is 36.4 Å². The summed E-state index contributed by atoms with van der Waals surface area (Å²) in [6.45, 7) is 2.64. The van der Waals surface area contributed by atoms with E-state index in [4.69, 9.17) is 14.6 Å². The second-order valence-electron chi connectivity index (χ2n) is 7.26. The molecule has 0 atom stereocenters. The third kappa shape index (κ3) is 4.20. The molecule has 0 unspecified atom stereocenters. The topological polar surface area (TPSA) is 93.9 Å². The zero-order chi connectivity index (χ0) is 20.9. The maximum Gasteiger partial charge on any atom is 0.223 e. The SMILES string of the molecule is COCCNC(=O)C1CCN(c2ccc3nnc(-c4ccc(OC)cc4)n3n2)CC1. The molecule has 0 spiro atoms. The smallest absolute Gasteiger partial charge is 0.223 e. The molecule has 1 aromatic carbocycles. The number of piperidine rings is 1. The van der Waals surface area contributed by atoms with Gasteiger partial charge < -0.3 is 19.7 Å². The van der Waals surface area contributed by atoms with Crippen molar-refractivity contribution in [3.05, 3.63) is 36.4 Å². The van der Waals surface area contributed by atoms with Gasteiger partial charge in [0.15, 0.2) is 11.5 Å². The lowest BCUT2D eigenvalue weighted by Gasteiger charge is -2.32. The van der Waals surface area contributed by atoms with Crippen molar-refractivity contribution >= 4 is 17.4 Å². The number of benzene rings is 1. The molecule has 1 saturated heterocycles. The Kier molecular flexibility index (Phi) is 6.08. The first-order chi connectivity index (χ1) is 14.7. The van der Waals surface area contributed by atoms with Gasteiger partial charge in [-0.15, -0.1) is 15.3 Å². The maximum absolute atomic E-state index is 12.3. The van der Waals surface area contributed by atoms with Gasteiger partial charge in [0.1, 0.15) is 11.6 Å². The molecule has 0 saturated carbocycles. The second-order valence-corrected chi connectivity index (χ2v) is 7.26. The van der Waals surface area contributed by atoms with Gasteiger partial charge in [-0.05, 0) is 49.2 Å². The van der Waals surface area contributed by atoms with Crippen LogP contribution in [0.3, 0.4) is 0 Å². The molecule has 1 N–H and O–H groups in total. The van der Waals surface area contributed by atoms with Gasteiger partial charge >= 0.3 is 0 Å². The standard InChI is InChI=1S/C21H26N6O3/c1-29-14-11-22-21(28)16-9-12-26(13-10-16)19-8-7-18-23-24-20(27(18)25-19)15-3-5-17(30-2)6-4-15/h3-8,16H,9-14H2,1-2H3,(H,22,28). The van der Waals surface area contributed by atoms with Crippen LogP contribution in [0.1, 0.15) is 12.8 Å². The van der Waals surface area contributed by atoms with Gasteiger partial charge in [0, 0.05) is 38.2 Å². The molecule has 30 heavy (non-hydrogen) atoms. The summed E-state index contributed by atoms with van der Waals surface area (Å²) in [5.41, 5.74) is 1.61. The van der Waals surface area contributed by atoms with Crippen LogP contribution in [0, 0.1) is 5.92 Å². The van der Waals surface area contributed by atoms with E-state index < -0.39 is 0 Å². The lowest BCUT2D eigenvalue weighted by molar-refractivity contribution is -0.125. The molecule has 2 aromatic heterocycles. The molecule has 158 valence electrons. The Hall–Kier alpha value is -3.20. The summed E-state index contributed by atoms with van der Waals surface area (Å²) in [5.74, 6) is 2.47. The number of fused-ring (bicyclic) bond motifs is 1. The summed E-state index contributed by atoms with van der Waals surface area (Å²) in [6.07, 6.45) is 1.60. The number of amides is 1. The first-order valence-corrected chi connectivity index (χ1v) is 10.1. The normalized spacial score (nSPS) is 14.8. The zero-order valence-corrected chi connectivity index (χ0v) is 17.2. The van der Waals surface area contributed by atoms with Crippen LogP contribution in [0.5, 0.6) is 5.75 Å². The molecule has 1 aliphatic rings. The number of hydrogen-bond donors (Lipinski definition) is 1. The van der Waals surface area contributed by atoms with E-state index in [1.165, 1.54) is 0 Å². The van der Waals surface area contributed by atoms with E-state index >= 15 is 0 Å². The number of nitrogens with zero attached hydrogens (tertiary/aromatic N) is 5. The monoisotopic (exact) mass is 410 g/mol. The van der Waals surface area contributed by atoms with Crippen molar-refractivity contribution in [1.82, 2.24) is 25.1 Å². The van der Waals surface area contributed by atoms with E-state index in [0.29, 0.717) is 24.6 Å². The summed E-state index contributed by atoms with van der Waals surface area (Å²) in [5, 5.41) is 16.3. The number of rotatable bonds is 7. The Labute approximate surface area is 175 Å². The van der Waals surface area contributed by atoms with Crippen molar-refractivity contribution in [1.29, 1.82) is 0 Å². The average Bonchev–Trinajstić information content (AvgIpc) is 3.22. The largest absolute Gasteiger partial charge is 0.497 e. The minimum absolute atomic E-state index is 0.0339. The van der Waals surface area contributed by atoms with Crippen molar-refractivity contribution in [3.8, 4) is 17.1 Å². The lowest BCUT2D eigenvalue weighted by Crippen LogP contribution is -2.41. The molecule has 3 heterocycles. The molecule has 9 nitrogen and oxygen atoms in total. The molecule has 3 aromatic rings. The zero-order valence-electron chi connectivity index (χ0n) is 17.2. The number of aromatic nitrogens is 4. The van der Waals surface area contributed by atoms with Gasteiger partial charge in [-0.25, -0.2) is 0 Å². The second kappa shape index (κ2) is 9.08. The molecular weight excluding hydrogens is 384 g/mol. The fraction of sp³-hybridized carbons (Fsp3) is 0.429. The van der Waals surface area contributed by atoms with Crippen molar-refractivity contribution in [2.24, 2.45) is 5.92 Å². The molecule has 1 amide bonds. The Balaban J connectivity index is 1.47. The fourth-order valence-corrected chi connectivity index (χ4v) is 3.66. The number of nitrogens with one attached hydrogen (secondary N) is 1. The van der Waals surface area contributed by atoms with Crippen LogP contribution in [0.4, 0.5) is 5.82 Å². The van der Waals surface area contributed by atoms with Gasteiger partial charge in [-0.3, -0.25) is 4.79 Å². The Morgan fingerprint density at radius 1 is 1.10 bits per heavy atom. The predicted octanol–water partition coefficient (Wildman–Crippen LogP) is 1.78. The molecule has 1 fully saturated rings. The van der Waals surface area contributed by atoms with E-state index in [1.54, 1.807) is 18.7 Å². The molecular formula is C21H26N6O3. The highest BCUT2D eigenvalue weighted by molar-refractivity contribution is 5.79. The minimum atomic E-state index is 0.0339. The lowest BCUT2D eigenvalue weighted by atomic mass is 9.96. The fourth-order valence-electron chi connectivity index (χ4n) is 3.66. The number of carbonyl (C=O) groups is 1. The van der Waals surface area contributed by atoms with Crippen molar-refractivity contribution in [2.75, 3.05) is 45.4 Å². The molecule has 0 aliphatic carbocycles. The van der Waals surface area contributed by atoms with E-state index in [-0.39, 0.29) is 11.8 Å². The Morgan fingerprint density at radius 3 is 2.57 bits per heavy atom. The third-order valence-corrected chi connectivity index (χ3v) is 5.39. The average molecular weight is 410 g/mol. The van der Waals surface area contributed by atoms with Gasteiger partial charge in [0.05, 0.1) is 13.7 Å². The highest BCUT2D eigenvalue weighted by atomic mass is 16.5.